The lowest BCUT2D eigenvalue weighted by atomic mass is 10.2. The quantitative estimate of drug-likeness (QED) is 0.645. The molecule has 1 heterocycles. The van der Waals surface area contributed by atoms with Gasteiger partial charge in [0.2, 0.25) is 0 Å². The van der Waals surface area contributed by atoms with Crippen LogP contribution in [0, 0.1) is 0 Å². The molecule has 11 heavy (non-hydrogen) atoms. The lowest BCUT2D eigenvalue weighted by Gasteiger charge is -1.97. The van der Waals surface area contributed by atoms with Crippen LogP contribution in [-0.4, -0.2) is 21.2 Å². The maximum atomic E-state index is 10.2. The molecule has 0 atom stereocenters. The second-order valence-corrected chi connectivity index (χ2v) is 2.07. The molecule has 1 aromatic rings. The van der Waals surface area contributed by atoms with Crippen molar-refractivity contribution in [2.75, 3.05) is 0 Å². The van der Waals surface area contributed by atoms with Crippen molar-refractivity contribution in [2.45, 2.75) is 6.42 Å². The summed E-state index contributed by atoms with van der Waals surface area (Å²) in [5.41, 5.74) is 0.382. The number of hydrogen-bond acceptors (Lipinski definition) is 3. The van der Waals surface area contributed by atoms with Gasteiger partial charge in [0.05, 0.1) is 12.6 Å². The molecule has 0 aliphatic heterocycles. The molecule has 2 N–H and O–H groups in total. The van der Waals surface area contributed by atoms with Crippen LogP contribution in [-0.2, 0) is 11.2 Å². The van der Waals surface area contributed by atoms with Crippen LogP contribution in [0.25, 0.3) is 0 Å². The SMILES string of the molecule is O=C(O)Cc1ccncc1O. The number of carbonyl (C=O) groups is 1. The summed E-state index contributed by atoms with van der Waals surface area (Å²) >= 11 is 0. The third-order valence-electron chi connectivity index (χ3n) is 1.23. The summed E-state index contributed by atoms with van der Waals surface area (Å²) in [5.74, 6) is -1.04. The summed E-state index contributed by atoms with van der Waals surface area (Å²) < 4.78 is 0. The third kappa shape index (κ3) is 1.93. The number of carboxylic acids is 1. The Bertz CT molecular complexity index is 272. The Balaban J connectivity index is 2.86. The van der Waals surface area contributed by atoms with Gasteiger partial charge in [0.1, 0.15) is 5.75 Å². The fourth-order valence-corrected chi connectivity index (χ4v) is 0.727. The topological polar surface area (TPSA) is 70.4 Å². The first kappa shape index (κ1) is 7.53. The van der Waals surface area contributed by atoms with E-state index >= 15 is 0 Å². The summed E-state index contributed by atoms with van der Waals surface area (Å²) in [5, 5.41) is 17.4. The van der Waals surface area contributed by atoms with Gasteiger partial charge in [-0.25, -0.2) is 0 Å². The zero-order valence-electron chi connectivity index (χ0n) is 5.69. The van der Waals surface area contributed by atoms with E-state index in [1.54, 1.807) is 0 Å². The number of pyridine rings is 1. The van der Waals surface area contributed by atoms with Gasteiger partial charge >= 0.3 is 5.97 Å². The minimum atomic E-state index is -0.966. The van der Waals surface area contributed by atoms with Gasteiger partial charge in [0.25, 0.3) is 0 Å². The second-order valence-electron chi connectivity index (χ2n) is 2.07. The van der Waals surface area contributed by atoms with E-state index in [2.05, 4.69) is 4.98 Å². The number of hydrogen-bond donors (Lipinski definition) is 2. The minimum Gasteiger partial charge on any atom is -0.506 e. The number of rotatable bonds is 2. The predicted molar refractivity (Wildman–Crippen MR) is 37.2 cm³/mol. The normalized spacial score (nSPS) is 9.45. The Labute approximate surface area is 63.1 Å². The van der Waals surface area contributed by atoms with Crippen molar-refractivity contribution in [1.82, 2.24) is 4.98 Å². The van der Waals surface area contributed by atoms with Crippen LogP contribution in [0.3, 0.4) is 0 Å². The van der Waals surface area contributed by atoms with Crippen molar-refractivity contribution >= 4 is 5.97 Å². The minimum absolute atomic E-state index is 0.0742. The molecule has 0 unspecified atom stereocenters. The largest absolute Gasteiger partial charge is 0.506 e. The Morgan fingerprint density at radius 1 is 1.64 bits per heavy atom. The molecule has 4 heteroatoms. The molecule has 4 nitrogen and oxygen atoms in total. The molecule has 0 bridgehead atoms. The summed E-state index contributed by atoms with van der Waals surface area (Å²) in [6.45, 7) is 0. The molecule has 0 aliphatic carbocycles. The Kier molecular flexibility index (Phi) is 2.06. The number of nitrogens with zero attached hydrogens (tertiary/aromatic N) is 1. The van der Waals surface area contributed by atoms with Gasteiger partial charge < -0.3 is 10.2 Å². The van der Waals surface area contributed by atoms with E-state index in [0.717, 1.165) is 0 Å². The summed E-state index contributed by atoms with van der Waals surface area (Å²) in [4.78, 5) is 13.8. The molecule has 0 aliphatic rings. The Hall–Kier alpha value is -1.58. The van der Waals surface area contributed by atoms with E-state index in [1.165, 1.54) is 18.5 Å². The van der Waals surface area contributed by atoms with Crippen molar-refractivity contribution in [1.29, 1.82) is 0 Å². The van der Waals surface area contributed by atoms with Crippen LogP contribution in [0.2, 0.25) is 0 Å². The lowest BCUT2D eigenvalue weighted by Crippen LogP contribution is -2.00. The molecule has 1 rings (SSSR count). The second kappa shape index (κ2) is 3.01. The van der Waals surface area contributed by atoms with Gasteiger partial charge in [-0.15, -0.1) is 0 Å². The smallest absolute Gasteiger partial charge is 0.307 e. The molecule has 0 spiro atoms. The monoisotopic (exact) mass is 153 g/mol. The predicted octanol–water partition coefficient (Wildman–Crippen LogP) is 0.414. The van der Waals surface area contributed by atoms with E-state index in [-0.39, 0.29) is 12.2 Å². The fraction of sp³-hybridized carbons (Fsp3) is 0.143. The zero-order chi connectivity index (χ0) is 8.27. The van der Waals surface area contributed by atoms with Crippen LogP contribution in [0.15, 0.2) is 18.5 Å². The molecule has 58 valence electrons. The number of aliphatic carboxylic acids is 1. The molecule has 0 saturated heterocycles. The van der Waals surface area contributed by atoms with E-state index in [9.17, 15) is 4.79 Å². The van der Waals surface area contributed by atoms with Gasteiger partial charge in [0, 0.05) is 11.8 Å². The van der Waals surface area contributed by atoms with Crippen LogP contribution in [0.5, 0.6) is 5.75 Å². The molecule has 0 radical (unpaired) electrons. The maximum absolute atomic E-state index is 10.2. The fourth-order valence-electron chi connectivity index (χ4n) is 0.727. The van der Waals surface area contributed by atoms with Gasteiger partial charge in [-0.2, -0.15) is 0 Å². The Morgan fingerprint density at radius 3 is 2.91 bits per heavy atom. The van der Waals surface area contributed by atoms with Gasteiger partial charge in [-0.3, -0.25) is 9.78 Å². The van der Waals surface area contributed by atoms with E-state index in [4.69, 9.17) is 10.2 Å². The van der Waals surface area contributed by atoms with Crippen molar-refractivity contribution in [3.8, 4) is 5.75 Å². The van der Waals surface area contributed by atoms with Crippen molar-refractivity contribution in [3.63, 3.8) is 0 Å². The molecular formula is C7H7NO3. The van der Waals surface area contributed by atoms with Crippen LogP contribution >= 0.6 is 0 Å². The number of carboxylic acid groups (broad SMARTS) is 1. The highest BCUT2D eigenvalue weighted by molar-refractivity contribution is 5.71. The standard InChI is InChI=1S/C7H7NO3/c9-6-4-8-2-1-5(6)3-7(10)11/h1-2,4,9H,3H2,(H,10,11). The number of aromatic nitrogens is 1. The van der Waals surface area contributed by atoms with Crippen molar-refractivity contribution in [2.24, 2.45) is 0 Å². The van der Waals surface area contributed by atoms with Crippen molar-refractivity contribution in [3.05, 3.63) is 24.0 Å². The Morgan fingerprint density at radius 2 is 2.36 bits per heavy atom. The first-order valence-electron chi connectivity index (χ1n) is 3.04. The molecule has 1 aromatic heterocycles. The van der Waals surface area contributed by atoms with E-state index < -0.39 is 5.97 Å². The zero-order valence-corrected chi connectivity index (χ0v) is 5.69. The summed E-state index contributed by atoms with van der Waals surface area (Å²) in [7, 11) is 0. The van der Waals surface area contributed by atoms with Gasteiger partial charge in [-0.05, 0) is 6.07 Å². The first-order chi connectivity index (χ1) is 5.20. The first-order valence-corrected chi connectivity index (χ1v) is 3.04. The van der Waals surface area contributed by atoms with Crippen LogP contribution < -0.4 is 0 Å². The summed E-state index contributed by atoms with van der Waals surface area (Å²) in [6.07, 6.45) is 2.49. The summed E-state index contributed by atoms with van der Waals surface area (Å²) in [6, 6.07) is 1.48. The number of aromatic hydroxyl groups is 1. The highest BCUT2D eigenvalue weighted by Gasteiger charge is 2.04. The molecule has 0 fully saturated rings. The average Bonchev–Trinajstić information content (AvgIpc) is 1.93. The van der Waals surface area contributed by atoms with Crippen LogP contribution in [0.1, 0.15) is 5.56 Å². The molecule has 0 aromatic carbocycles. The van der Waals surface area contributed by atoms with E-state index in [1.807, 2.05) is 0 Å². The maximum Gasteiger partial charge on any atom is 0.307 e. The third-order valence-corrected chi connectivity index (χ3v) is 1.23. The van der Waals surface area contributed by atoms with Gasteiger partial charge in [0.15, 0.2) is 0 Å². The van der Waals surface area contributed by atoms with E-state index in [0.29, 0.717) is 5.56 Å². The average molecular weight is 153 g/mol. The molecular weight excluding hydrogens is 146 g/mol. The highest BCUT2D eigenvalue weighted by Crippen LogP contribution is 2.13. The lowest BCUT2D eigenvalue weighted by molar-refractivity contribution is -0.136. The highest BCUT2D eigenvalue weighted by atomic mass is 16.4. The molecule has 0 saturated carbocycles. The van der Waals surface area contributed by atoms with Crippen molar-refractivity contribution < 1.29 is 15.0 Å². The van der Waals surface area contributed by atoms with Crippen LogP contribution in [0.4, 0.5) is 0 Å². The molecule has 0 amide bonds. The van der Waals surface area contributed by atoms with Gasteiger partial charge in [-0.1, -0.05) is 0 Å².